The number of piperidine rings is 1. The maximum Gasteiger partial charge on any atom is 0.226 e. The van der Waals surface area contributed by atoms with E-state index in [0.717, 1.165) is 23.6 Å². The summed E-state index contributed by atoms with van der Waals surface area (Å²) in [5.41, 5.74) is 3.11. The van der Waals surface area contributed by atoms with Gasteiger partial charge in [0.2, 0.25) is 5.89 Å². The number of hydrogen-bond donors (Lipinski definition) is 0. The Kier molecular flexibility index (Phi) is 5.31. The molecule has 2 heterocycles. The zero-order chi connectivity index (χ0) is 17.6. The molecule has 0 radical (unpaired) electrons. The Morgan fingerprint density at radius 2 is 1.69 bits per heavy atom. The topological polar surface area (TPSA) is 38.5 Å². The van der Waals surface area contributed by atoms with Gasteiger partial charge in [0.05, 0.1) is 0 Å². The van der Waals surface area contributed by atoms with Gasteiger partial charge in [0.1, 0.15) is 24.3 Å². The highest BCUT2D eigenvalue weighted by atomic mass is 16.5. The number of oxazole rings is 1. The number of ether oxygens (including phenoxy) is 1. The molecule has 0 N–H and O–H groups in total. The van der Waals surface area contributed by atoms with Gasteiger partial charge in [-0.05, 0) is 55.8 Å². The first-order valence-corrected chi connectivity index (χ1v) is 9.31. The van der Waals surface area contributed by atoms with E-state index in [4.69, 9.17) is 9.15 Å². The Labute approximate surface area is 154 Å². The van der Waals surface area contributed by atoms with E-state index in [1.807, 2.05) is 42.5 Å². The first kappa shape index (κ1) is 16.9. The van der Waals surface area contributed by atoms with Gasteiger partial charge < -0.3 is 9.15 Å². The maximum absolute atomic E-state index is 5.85. The van der Waals surface area contributed by atoms with Crippen molar-refractivity contribution in [3.63, 3.8) is 0 Å². The third kappa shape index (κ3) is 4.33. The van der Waals surface area contributed by atoms with Crippen molar-refractivity contribution in [2.24, 2.45) is 0 Å². The fraction of sp³-hybridized carbons (Fsp3) is 0.318. The smallest absolute Gasteiger partial charge is 0.226 e. The van der Waals surface area contributed by atoms with Crippen molar-refractivity contribution in [1.29, 1.82) is 0 Å². The zero-order valence-corrected chi connectivity index (χ0v) is 14.9. The summed E-state index contributed by atoms with van der Waals surface area (Å²) >= 11 is 0. The molecular formula is C22H24N2O2. The van der Waals surface area contributed by atoms with E-state index in [9.17, 15) is 0 Å². The van der Waals surface area contributed by atoms with Gasteiger partial charge in [0, 0.05) is 12.1 Å². The second-order valence-electron chi connectivity index (χ2n) is 6.78. The van der Waals surface area contributed by atoms with Gasteiger partial charge in [-0.3, -0.25) is 4.90 Å². The average Bonchev–Trinajstić information content (AvgIpc) is 3.18. The number of rotatable bonds is 6. The predicted molar refractivity (Wildman–Crippen MR) is 102 cm³/mol. The summed E-state index contributed by atoms with van der Waals surface area (Å²) in [6.45, 7) is 3.87. The number of aromatic nitrogens is 1. The largest absolute Gasteiger partial charge is 0.487 e. The van der Waals surface area contributed by atoms with Crippen LogP contribution in [0.4, 0.5) is 0 Å². The summed E-state index contributed by atoms with van der Waals surface area (Å²) in [6, 6.07) is 18.3. The molecule has 26 heavy (non-hydrogen) atoms. The summed E-state index contributed by atoms with van der Waals surface area (Å²) in [7, 11) is 0. The minimum absolute atomic E-state index is 0.405. The monoisotopic (exact) mass is 348 g/mol. The van der Waals surface area contributed by atoms with Crippen LogP contribution in [0, 0.1) is 0 Å². The first-order valence-electron chi connectivity index (χ1n) is 9.31. The molecule has 1 aliphatic rings. The molecule has 0 atom stereocenters. The van der Waals surface area contributed by atoms with Crippen molar-refractivity contribution < 1.29 is 9.15 Å². The van der Waals surface area contributed by atoms with Crippen LogP contribution in [-0.4, -0.2) is 23.0 Å². The van der Waals surface area contributed by atoms with E-state index in [1.54, 1.807) is 6.26 Å². The summed E-state index contributed by atoms with van der Waals surface area (Å²) in [5, 5.41) is 0. The molecule has 4 rings (SSSR count). The Hall–Kier alpha value is -2.59. The van der Waals surface area contributed by atoms with Crippen LogP contribution in [0.3, 0.4) is 0 Å². The quantitative estimate of drug-likeness (QED) is 0.635. The molecule has 1 saturated heterocycles. The molecule has 1 aliphatic heterocycles. The van der Waals surface area contributed by atoms with Crippen LogP contribution in [0.15, 0.2) is 65.3 Å². The molecule has 4 heteroatoms. The van der Waals surface area contributed by atoms with Gasteiger partial charge in [-0.15, -0.1) is 0 Å². The highest BCUT2D eigenvalue weighted by Crippen LogP contribution is 2.20. The fourth-order valence-electron chi connectivity index (χ4n) is 3.31. The molecule has 0 unspecified atom stereocenters. The highest BCUT2D eigenvalue weighted by molar-refractivity contribution is 5.52. The van der Waals surface area contributed by atoms with E-state index in [2.05, 4.69) is 22.0 Å². The lowest BCUT2D eigenvalue weighted by Crippen LogP contribution is -2.28. The molecule has 134 valence electrons. The Bertz CT molecular complexity index is 806. The SMILES string of the molecule is c1ccc(-c2nc(COc3ccc(CN4CCCCC4)cc3)co2)cc1. The second-order valence-corrected chi connectivity index (χ2v) is 6.78. The molecule has 0 bridgehead atoms. The number of hydrogen-bond acceptors (Lipinski definition) is 4. The fourth-order valence-corrected chi connectivity index (χ4v) is 3.31. The Balaban J connectivity index is 1.31. The van der Waals surface area contributed by atoms with Gasteiger partial charge in [-0.2, -0.15) is 0 Å². The predicted octanol–water partition coefficient (Wildman–Crippen LogP) is 4.91. The van der Waals surface area contributed by atoms with Crippen LogP contribution in [-0.2, 0) is 13.2 Å². The minimum Gasteiger partial charge on any atom is -0.487 e. The average molecular weight is 348 g/mol. The van der Waals surface area contributed by atoms with Crippen molar-refractivity contribution in [3.05, 3.63) is 72.1 Å². The third-order valence-corrected chi connectivity index (χ3v) is 4.74. The normalized spacial score (nSPS) is 15.1. The summed E-state index contributed by atoms with van der Waals surface area (Å²) in [6.07, 6.45) is 5.68. The van der Waals surface area contributed by atoms with Crippen molar-refractivity contribution in [2.45, 2.75) is 32.4 Å². The van der Waals surface area contributed by atoms with Gasteiger partial charge in [0.15, 0.2) is 0 Å². The standard InChI is InChI=1S/C22H24N2O2/c1-3-7-19(8-4-1)22-23-20(17-26-22)16-25-21-11-9-18(10-12-21)15-24-13-5-2-6-14-24/h1,3-4,7-12,17H,2,5-6,13-16H2. The van der Waals surface area contributed by atoms with Crippen LogP contribution in [0.25, 0.3) is 11.5 Å². The summed E-state index contributed by atoms with van der Waals surface area (Å²) < 4.78 is 11.4. The van der Waals surface area contributed by atoms with E-state index in [1.165, 1.54) is 37.9 Å². The summed E-state index contributed by atoms with van der Waals surface area (Å²) in [5.74, 6) is 1.48. The molecule has 0 saturated carbocycles. The van der Waals surface area contributed by atoms with E-state index in [-0.39, 0.29) is 0 Å². The van der Waals surface area contributed by atoms with E-state index >= 15 is 0 Å². The summed E-state index contributed by atoms with van der Waals surface area (Å²) in [4.78, 5) is 7.02. The van der Waals surface area contributed by atoms with E-state index in [0.29, 0.717) is 12.5 Å². The number of benzene rings is 2. The number of likely N-dealkylation sites (tertiary alicyclic amines) is 1. The van der Waals surface area contributed by atoms with E-state index < -0.39 is 0 Å². The lowest BCUT2D eigenvalue weighted by atomic mass is 10.1. The van der Waals surface area contributed by atoms with Crippen LogP contribution in [0.1, 0.15) is 30.5 Å². The molecular weight excluding hydrogens is 324 g/mol. The van der Waals surface area contributed by atoms with Crippen LogP contribution in [0.5, 0.6) is 5.75 Å². The van der Waals surface area contributed by atoms with Crippen LogP contribution < -0.4 is 4.74 Å². The maximum atomic E-state index is 5.85. The number of nitrogens with zero attached hydrogens (tertiary/aromatic N) is 2. The molecule has 2 aromatic carbocycles. The molecule has 0 aliphatic carbocycles. The van der Waals surface area contributed by atoms with Gasteiger partial charge >= 0.3 is 0 Å². The van der Waals surface area contributed by atoms with Gasteiger partial charge in [-0.1, -0.05) is 36.8 Å². The van der Waals surface area contributed by atoms with Crippen molar-refractivity contribution in [1.82, 2.24) is 9.88 Å². The van der Waals surface area contributed by atoms with Crippen molar-refractivity contribution >= 4 is 0 Å². The molecule has 4 nitrogen and oxygen atoms in total. The van der Waals surface area contributed by atoms with Crippen LogP contribution in [0.2, 0.25) is 0 Å². The van der Waals surface area contributed by atoms with Gasteiger partial charge in [-0.25, -0.2) is 4.98 Å². The highest BCUT2D eigenvalue weighted by Gasteiger charge is 2.10. The third-order valence-electron chi connectivity index (χ3n) is 4.74. The molecule has 1 fully saturated rings. The molecule has 0 spiro atoms. The van der Waals surface area contributed by atoms with Crippen molar-refractivity contribution in [3.8, 4) is 17.2 Å². The zero-order valence-electron chi connectivity index (χ0n) is 14.9. The molecule has 1 aromatic heterocycles. The lowest BCUT2D eigenvalue weighted by Gasteiger charge is -2.26. The second kappa shape index (κ2) is 8.19. The van der Waals surface area contributed by atoms with Gasteiger partial charge in [0.25, 0.3) is 0 Å². The molecule has 3 aromatic rings. The Morgan fingerprint density at radius 1 is 0.923 bits per heavy atom. The van der Waals surface area contributed by atoms with Crippen molar-refractivity contribution in [2.75, 3.05) is 13.1 Å². The lowest BCUT2D eigenvalue weighted by molar-refractivity contribution is 0.221. The Morgan fingerprint density at radius 3 is 2.46 bits per heavy atom. The minimum atomic E-state index is 0.405. The molecule has 0 amide bonds. The van der Waals surface area contributed by atoms with Crippen LogP contribution >= 0.6 is 0 Å². The first-order chi connectivity index (χ1) is 12.9.